The van der Waals surface area contributed by atoms with Crippen LogP contribution >= 0.6 is 0 Å². The summed E-state index contributed by atoms with van der Waals surface area (Å²) in [6, 6.07) is 16.8. The van der Waals surface area contributed by atoms with Gasteiger partial charge in [0.1, 0.15) is 0 Å². The second kappa shape index (κ2) is 9.45. The van der Waals surface area contributed by atoms with Gasteiger partial charge in [0.05, 0.1) is 11.4 Å². The molecule has 0 saturated heterocycles. The van der Waals surface area contributed by atoms with E-state index in [0.29, 0.717) is 18.5 Å². The summed E-state index contributed by atoms with van der Waals surface area (Å²) < 4.78 is 27.0. The number of Topliss-reactive ketones (excluding diaryl/α,β-unsaturated/α-hetero) is 1. The van der Waals surface area contributed by atoms with E-state index in [1.54, 1.807) is 18.2 Å². The molecular formula is C22H28N2O3S. The molecule has 0 unspecified atom stereocenters. The molecule has 0 atom stereocenters. The summed E-state index contributed by atoms with van der Waals surface area (Å²) in [6.07, 6.45) is 2.93. The van der Waals surface area contributed by atoms with Crippen LogP contribution in [0.3, 0.4) is 0 Å². The average Bonchev–Trinajstić information content (AvgIpc) is 2.71. The third-order valence-corrected chi connectivity index (χ3v) is 6.99. The smallest absolute Gasteiger partial charge is 0.244 e. The van der Waals surface area contributed by atoms with Gasteiger partial charge in [0, 0.05) is 18.7 Å². The van der Waals surface area contributed by atoms with Crippen LogP contribution in [0.4, 0.5) is 0 Å². The first kappa shape index (κ1) is 20.7. The summed E-state index contributed by atoms with van der Waals surface area (Å²) in [5.41, 5.74) is 1.57. The van der Waals surface area contributed by atoms with E-state index in [4.69, 9.17) is 0 Å². The van der Waals surface area contributed by atoms with Gasteiger partial charge in [-0.25, -0.2) is 8.42 Å². The molecule has 2 aromatic rings. The van der Waals surface area contributed by atoms with Crippen LogP contribution < -0.4 is 0 Å². The molecule has 0 aromatic heterocycles. The third kappa shape index (κ3) is 4.87. The van der Waals surface area contributed by atoms with Crippen molar-refractivity contribution in [2.24, 2.45) is 0 Å². The topological polar surface area (TPSA) is 57.7 Å². The predicted octanol–water partition coefficient (Wildman–Crippen LogP) is 3.57. The summed E-state index contributed by atoms with van der Waals surface area (Å²) >= 11 is 0. The standard InChI is InChI=1S/C22H28N2O3S/c1-2-3-14-23(17-19-10-5-4-6-11-19)15-9-16-24-18-21(25)20-12-7-8-13-22(20)28(24,26)27/h4-8,10-13H,2-3,9,14-18H2,1H3. The number of unbranched alkanes of at least 4 members (excludes halogenated alkanes) is 1. The van der Waals surface area contributed by atoms with Crippen LogP contribution in [0.15, 0.2) is 59.5 Å². The maximum Gasteiger partial charge on any atom is 0.244 e. The van der Waals surface area contributed by atoms with Crippen molar-refractivity contribution in [2.75, 3.05) is 26.2 Å². The SMILES string of the molecule is CCCCN(CCCN1CC(=O)c2ccccc2S1(=O)=O)Cc1ccccc1. The molecule has 0 bridgehead atoms. The molecule has 150 valence electrons. The summed E-state index contributed by atoms with van der Waals surface area (Å²) in [4.78, 5) is 14.9. The normalized spacial score (nSPS) is 16.3. The number of ketones is 1. The molecule has 0 aliphatic carbocycles. The quantitative estimate of drug-likeness (QED) is 0.646. The molecule has 0 saturated carbocycles. The van der Waals surface area contributed by atoms with Gasteiger partial charge in [-0.3, -0.25) is 9.69 Å². The molecule has 3 rings (SSSR count). The zero-order valence-electron chi connectivity index (χ0n) is 16.4. The van der Waals surface area contributed by atoms with Gasteiger partial charge < -0.3 is 0 Å². The number of sulfonamides is 1. The van der Waals surface area contributed by atoms with Crippen molar-refractivity contribution in [2.45, 2.75) is 37.6 Å². The zero-order chi connectivity index (χ0) is 20.0. The summed E-state index contributed by atoms with van der Waals surface area (Å²) in [5.74, 6) is -0.127. The highest BCUT2D eigenvalue weighted by atomic mass is 32.2. The highest BCUT2D eigenvalue weighted by molar-refractivity contribution is 7.89. The van der Waals surface area contributed by atoms with Gasteiger partial charge >= 0.3 is 0 Å². The molecule has 1 aliphatic heterocycles. The molecule has 1 heterocycles. The van der Waals surface area contributed by atoms with Crippen LogP contribution in [0.25, 0.3) is 0 Å². The molecule has 0 N–H and O–H groups in total. The van der Waals surface area contributed by atoms with Crippen molar-refractivity contribution >= 4 is 15.8 Å². The van der Waals surface area contributed by atoms with Crippen molar-refractivity contribution in [3.05, 3.63) is 65.7 Å². The highest BCUT2D eigenvalue weighted by Gasteiger charge is 2.35. The first-order chi connectivity index (χ1) is 13.5. The van der Waals surface area contributed by atoms with E-state index in [2.05, 4.69) is 24.0 Å². The van der Waals surface area contributed by atoms with Crippen LogP contribution in [0, 0.1) is 0 Å². The highest BCUT2D eigenvalue weighted by Crippen LogP contribution is 2.26. The molecule has 0 spiro atoms. The van der Waals surface area contributed by atoms with Crippen molar-refractivity contribution in [1.29, 1.82) is 0 Å². The van der Waals surface area contributed by atoms with Crippen LogP contribution in [0.1, 0.15) is 42.1 Å². The van der Waals surface area contributed by atoms with Crippen LogP contribution in [0.2, 0.25) is 0 Å². The van der Waals surface area contributed by atoms with Crippen molar-refractivity contribution in [3.63, 3.8) is 0 Å². The lowest BCUT2D eigenvalue weighted by molar-refractivity contribution is 0.0954. The van der Waals surface area contributed by atoms with E-state index < -0.39 is 10.0 Å². The second-order valence-electron chi connectivity index (χ2n) is 7.23. The van der Waals surface area contributed by atoms with E-state index in [0.717, 1.165) is 32.5 Å². The molecule has 0 amide bonds. The fourth-order valence-electron chi connectivity index (χ4n) is 3.55. The first-order valence-electron chi connectivity index (χ1n) is 9.91. The van der Waals surface area contributed by atoms with Gasteiger partial charge in [0.15, 0.2) is 5.78 Å². The number of hydrogen-bond donors (Lipinski definition) is 0. The van der Waals surface area contributed by atoms with Crippen LogP contribution in [-0.4, -0.2) is 49.6 Å². The molecule has 0 radical (unpaired) electrons. The largest absolute Gasteiger partial charge is 0.299 e. The van der Waals surface area contributed by atoms with E-state index in [1.165, 1.54) is 15.9 Å². The minimum absolute atomic E-state index is 0.0625. The average molecular weight is 401 g/mol. The minimum Gasteiger partial charge on any atom is -0.299 e. The van der Waals surface area contributed by atoms with Gasteiger partial charge in [0.2, 0.25) is 10.0 Å². The Kier molecular flexibility index (Phi) is 6.99. The molecular weight excluding hydrogens is 372 g/mol. The molecule has 6 heteroatoms. The fraction of sp³-hybridized carbons (Fsp3) is 0.409. The number of nitrogens with zero attached hydrogens (tertiary/aromatic N) is 2. The molecule has 2 aromatic carbocycles. The van der Waals surface area contributed by atoms with Gasteiger partial charge in [-0.05, 0) is 43.6 Å². The van der Waals surface area contributed by atoms with E-state index in [-0.39, 0.29) is 17.2 Å². The molecule has 0 fully saturated rings. The number of hydrogen-bond acceptors (Lipinski definition) is 4. The Hall–Kier alpha value is -2.02. The number of fused-ring (bicyclic) bond motifs is 1. The van der Waals surface area contributed by atoms with Gasteiger partial charge in [-0.15, -0.1) is 0 Å². The number of carbonyl (C=O) groups excluding carboxylic acids is 1. The lowest BCUT2D eigenvalue weighted by atomic mass is 10.1. The van der Waals surface area contributed by atoms with Crippen LogP contribution in [-0.2, 0) is 16.6 Å². The maximum absolute atomic E-state index is 12.8. The van der Waals surface area contributed by atoms with Crippen molar-refractivity contribution in [1.82, 2.24) is 9.21 Å². The predicted molar refractivity (Wildman–Crippen MR) is 111 cm³/mol. The second-order valence-corrected chi connectivity index (χ2v) is 9.13. The zero-order valence-corrected chi connectivity index (χ0v) is 17.2. The summed E-state index contributed by atoms with van der Waals surface area (Å²) in [5, 5.41) is 0. The number of carbonyl (C=O) groups is 1. The van der Waals surface area contributed by atoms with Crippen LogP contribution in [0.5, 0.6) is 0 Å². The van der Waals surface area contributed by atoms with E-state index in [9.17, 15) is 13.2 Å². The van der Waals surface area contributed by atoms with Crippen molar-refractivity contribution < 1.29 is 13.2 Å². The van der Waals surface area contributed by atoms with Gasteiger partial charge in [0.25, 0.3) is 0 Å². The Labute approximate surface area is 168 Å². The van der Waals surface area contributed by atoms with Gasteiger partial charge in [-0.2, -0.15) is 4.31 Å². The van der Waals surface area contributed by atoms with E-state index >= 15 is 0 Å². The first-order valence-corrected chi connectivity index (χ1v) is 11.3. The van der Waals surface area contributed by atoms with Gasteiger partial charge in [-0.1, -0.05) is 55.8 Å². The number of rotatable bonds is 9. The van der Waals surface area contributed by atoms with E-state index in [1.807, 2.05) is 18.2 Å². The lowest BCUT2D eigenvalue weighted by Crippen LogP contribution is -2.42. The molecule has 1 aliphatic rings. The Bertz CT molecular complexity index is 897. The molecule has 5 nitrogen and oxygen atoms in total. The fourth-order valence-corrected chi connectivity index (χ4v) is 5.20. The lowest BCUT2D eigenvalue weighted by Gasteiger charge is -2.28. The Balaban J connectivity index is 1.63. The summed E-state index contributed by atoms with van der Waals surface area (Å²) in [7, 11) is -3.60. The third-order valence-electron chi connectivity index (χ3n) is 5.08. The summed E-state index contributed by atoms with van der Waals surface area (Å²) in [6.45, 7) is 5.11. The van der Waals surface area contributed by atoms with Crippen molar-refractivity contribution in [3.8, 4) is 0 Å². The molecule has 28 heavy (non-hydrogen) atoms. The Morgan fingerprint density at radius 1 is 0.964 bits per heavy atom. The minimum atomic E-state index is -3.60. The monoisotopic (exact) mass is 400 g/mol. The maximum atomic E-state index is 12.8. The Morgan fingerprint density at radius 2 is 1.64 bits per heavy atom. The Morgan fingerprint density at radius 3 is 2.39 bits per heavy atom. The number of benzene rings is 2.